The predicted molar refractivity (Wildman–Crippen MR) is 75.2 cm³/mol. The summed E-state index contributed by atoms with van der Waals surface area (Å²) in [6.45, 7) is -0.146. The lowest BCUT2D eigenvalue weighted by Crippen LogP contribution is -2.09. The van der Waals surface area contributed by atoms with Gasteiger partial charge < -0.3 is 13.7 Å². The van der Waals surface area contributed by atoms with E-state index in [4.69, 9.17) is 9.15 Å². The van der Waals surface area contributed by atoms with Gasteiger partial charge in [0.05, 0.1) is 11.1 Å². The molecule has 3 aromatic rings. The number of esters is 1. The zero-order valence-corrected chi connectivity index (χ0v) is 11.6. The molecular weight excluding hydrogens is 290 g/mol. The number of nitrogens with zero attached hydrogens (tertiary/aromatic N) is 3. The summed E-state index contributed by atoms with van der Waals surface area (Å²) in [5.41, 5.74) is 1.19. The molecule has 8 heteroatoms. The normalized spacial score (nSPS) is 10.8. The highest BCUT2D eigenvalue weighted by molar-refractivity contribution is 5.88. The second-order valence-corrected chi connectivity index (χ2v) is 4.60. The zero-order chi connectivity index (χ0) is 15.7. The van der Waals surface area contributed by atoms with Crippen LogP contribution in [-0.4, -0.2) is 20.4 Å². The summed E-state index contributed by atoms with van der Waals surface area (Å²) in [7, 11) is 1.53. The number of para-hydroxylation sites is 2. The van der Waals surface area contributed by atoms with Crippen LogP contribution >= 0.6 is 0 Å². The Bertz CT molecular complexity index is 831. The minimum Gasteiger partial charge on any atom is -0.451 e. The Morgan fingerprint density at radius 2 is 2.23 bits per heavy atom. The molecule has 0 aliphatic carbocycles. The van der Waals surface area contributed by atoms with Crippen molar-refractivity contribution in [3.05, 3.63) is 58.2 Å². The number of rotatable bonds is 4. The van der Waals surface area contributed by atoms with Crippen molar-refractivity contribution in [2.24, 2.45) is 7.05 Å². The van der Waals surface area contributed by atoms with Gasteiger partial charge in [0.15, 0.2) is 12.2 Å². The van der Waals surface area contributed by atoms with Crippen LogP contribution in [0.4, 0.5) is 5.69 Å². The number of carbonyl (C=O) groups is 1. The van der Waals surface area contributed by atoms with Crippen LogP contribution in [0.2, 0.25) is 0 Å². The summed E-state index contributed by atoms with van der Waals surface area (Å²) in [6, 6.07) is 8.34. The van der Waals surface area contributed by atoms with E-state index in [1.165, 1.54) is 17.8 Å². The number of carbonyl (C=O) groups excluding carboxylic acids is 1. The van der Waals surface area contributed by atoms with Gasteiger partial charge in [0.1, 0.15) is 11.2 Å². The summed E-state index contributed by atoms with van der Waals surface area (Å²) >= 11 is 0. The fourth-order valence-electron chi connectivity index (χ4n) is 2.03. The van der Waals surface area contributed by atoms with E-state index >= 15 is 0 Å². The lowest BCUT2D eigenvalue weighted by Gasteiger charge is -2.02. The Morgan fingerprint density at radius 3 is 2.91 bits per heavy atom. The number of aryl methyl sites for hydroxylation is 1. The van der Waals surface area contributed by atoms with Gasteiger partial charge in [0.2, 0.25) is 5.89 Å². The predicted octanol–water partition coefficient (Wildman–Crippen LogP) is 2.43. The number of oxazole rings is 1. The molecule has 1 aromatic carbocycles. The molecule has 0 spiro atoms. The van der Waals surface area contributed by atoms with E-state index in [0.29, 0.717) is 11.1 Å². The molecule has 8 nitrogen and oxygen atoms in total. The van der Waals surface area contributed by atoms with Gasteiger partial charge in [-0.25, -0.2) is 9.78 Å². The average molecular weight is 301 g/mol. The highest BCUT2D eigenvalue weighted by atomic mass is 16.6. The van der Waals surface area contributed by atoms with E-state index in [1.54, 1.807) is 12.1 Å². The molecule has 0 saturated carbocycles. The van der Waals surface area contributed by atoms with Crippen molar-refractivity contribution in [2.45, 2.75) is 6.61 Å². The highest BCUT2D eigenvalue weighted by Crippen LogP contribution is 2.18. The van der Waals surface area contributed by atoms with Gasteiger partial charge in [-0.15, -0.1) is 0 Å². The van der Waals surface area contributed by atoms with E-state index in [0.717, 1.165) is 6.07 Å². The van der Waals surface area contributed by atoms with Gasteiger partial charge in [0.25, 0.3) is 5.69 Å². The summed E-state index contributed by atoms with van der Waals surface area (Å²) in [5.74, 6) is -0.420. The maximum atomic E-state index is 12.0. The molecule has 112 valence electrons. The van der Waals surface area contributed by atoms with Crippen LogP contribution < -0.4 is 0 Å². The molecule has 0 N–H and O–H groups in total. The standard InChI is InChI=1S/C14H11N3O5/c1-16-7-9(17(19)20)6-11(16)14(18)21-8-13-15-10-4-2-3-5-12(10)22-13/h2-7H,8H2,1H3. The molecule has 2 heterocycles. The maximum absolute atomic E-state index is 12.0. The quantitative estimate of drug-likeness (QED) is 0.417. The van der Waals surface area contributed by atoms with Gasteiger partial charge in [-0.3, -0.25) is 10.1 Å². The number of aromatic nitrogens is 2. The molecule has 0 fully saturated rings. The van der Waals surface area contributed by atoms with Crippen LogP contribution in [0.1, 0.15) is 16.4 Å². The number of nitro groups is 1. The minimum absolute atomic E-state index is 0.0859. The third-order valence-electron chi connectivity index (χ3n) is 3.08. The molecule has 0 saturated heterocycles. The third-order valence-corrected chi connectivity index (χ3v) is 3.08. The van der Waals surface area contributed by atoms with E-state index in [9.17, 15) is 14.9 Å². The van der Waals surface area contributed by atoms with Gasteiger partial charge in [0, 0.05) is 13.1 Å². The third kappa shape index (κ3) is 2.53. The van der Waals surface area contributed by atoms with Gasteiger partial charge in [-0.2, -0.15) is 0 Å². The Balaban J connectivity index is 1.73. The van der Waals surface area contributed by atoms with E-state index in [-0.39, 0.29) is 23.9 Å². The van der Waals surface area contributed by atoms with Crippen LogP contribution in [0.25, 0.3) is 11.1 Å². The van der Waals surface area contributed by atoms with E-state index in [1.807, 2.05) is 12.1 Å². The smallest absolute Gasteiger partial charge is 0.355 e. The van der Waals surface area contributed by atoms with Crippen molar-refractivity contribution in [2.75, 3.05) is 0 Å². The molecule has 3 rings (SSSR count). The molecular formula is C14H11N3O5. The molecule has 0 radical (unpaired) electrons. The van der Waals surface area contributed by atoms with Crippen LogP contribution in [-0.2, 0) is 18.4 Å². The number of fused-ring (bicyclic) bond motifs is 1. The second-order valence-electron chi connectivity index (χ2n) is 4.60. The Morgan fingerprint density at radius 1 is 1.45 bits per heavy atom. The lowest BCUT2D eigenvalue weighted by molar-refractivity contribution is -0.384. The first kappa shape index (κ1) is 13.8. The molecule has 22 heavy (non-hydrogen) atoms. The first-order valence-corrected chi connectivity index (χ1v) is 6.37. The fraction of sp³-hybridized carbons (Fsp3) is 0.143. The second kappa shape index (κ2) is 5.32. The van der Waals surface area contributed by atoms with Crippen molar-refractivity contribution in [3.63, 3.8) is 0 Å². The van der Waals surface area contributed by atoms with Crippen LogP contribution in [0, 0.1) is 10.1 Å². The van der Waals surface area contributed by atoms with E-state index < -0.39 is 10.9 Å². The Labute approximate surface area is 124 Å². The summed E-state index contributed by atoms with van der Waals surface area (Å²) in [6.07, 6.45) is 1.25. The highest BCUT2D eigenvalue weighted by Gasteiger charge is 2.19. The zero-order valence-electron chi connectivity index (χ0n) is 11.6. The number of hydrogen-bond acceptors (Lipinski definition) is 6. The molecule has 2 aromatic heterocycles. The van der Waals surface area contributed by atoms with Crippen molar-refractivity contribution in [1.82, 2.24) is 9.55 Å². The number of hydrogen-bond donors (Lipinski definition) is 0. The van der Waals surface area contributed by atoms with Gasteiger partial charge in [-0.1, -0.05) is 12.1 Å². The maximum Gasteiger partial charge on any atom is 0.355 e. The van der Waals surface area contributed by atoms with Gasteiger partial charge in [-0.05, 0) is 12.1 Å². The topological polar surface area (TPSA) is 100 Å². The van der Waals surface area contributed by atoms with Crippen molar-refractivity contribution < 1.29 is 18.9 Å². The van der Waals surface area contributed by atoms with Crippen molar-refractivity contribution in [3.8, 4) is 0 Å². The monoisotopic (exact) mass is 301 g/mol. The van der Waals surface area contributed by atoms with Crippen molar-refractivity contribution in [1.29, 1.82) is 0 Å². The molecule has 0 bridgehead atoms. The van der Waals surface area contributed by atoms with Crippen molar-refractivity contribution >= 4 is 22.8 Å². The Hall–Kier alpha value is -3.16. The average Bonchev–Trinajstić information content (AvgIpc) is 3.07. The van der Waals surface area contributed by atoms with E-state index in [2.05, 4.69) is 4.98 Å². The summed E-state index contributed by atoms with van der Waals surface area (Å²) in [5, 5.41) is 10.7. The van der Waals surface area contributed by atoms with Gasteiger partial charge >= 0.3 is 5.97 Å². The molecule has 0 aliphatic heterocycles. The minimum atomic E-state index is -0.683. The van der Waals surface area contributed by atoms with Crippen LogP contribution in [0.5, 0.6) is 0 Å². The number of ether oxygens (including phenoxy) is 1. The molecule has 0 atom stereocenters. The first-order valence-electron chi connectivity index (χ1n) is 6.37. The van der Waals surface area contributed by atoms with Crippen LogP contribution in [0.3, 0.4) is 0 Å². The molecule has 0 aliphatic rings. The number of benzene rings is 1. The van der Waals surface area contributed by atoms with Crippen LogP contribution in [0.15, 0.2) is 40.9 Å². The Kier molecular flexibility index (Phi) is 3.34. The largest absolute Gasteiger partial charge is 0.451 e. The molecule has 0 unspecified atom stereocenters. The summed E-state index contributed by atoms with van der Waals surface area (Å²) in [4.78, 5) is 26.2. The summed E-state index contributed by atoms with van der Waals surface area (Å²) < 4.78 is 11.8. The fourth-order valence-corrected chi connectivity index (χ4v) is 2.03. The lowest BCUT2D eigenvalue weighted by atomic mass is 10.3. The SMILES string of the molecule is Cn1cc([N+](=O)[O-])cc1C(=O)OCc1nc2ccccc2o1. The first-order chi connectivity index (χ1) is 10.5. The molecule has 0 amide bonds.